The van der Waals surface area contributed by atoms with Crippen LogP contribution < -0.4 is 20.7 Å². The molecular formula is C23H14F4N4O5. The zero-order valence-electron chi connectivity index (χ0n) is 18.5. The van der Waals surface area contributed by atoms with Crippen LogP contribution in [0.3, 0.4) is 0 Å². The molecule has 0 amide bonds. The second kappa shape index (κ2) is 9.76. The molecule has 0 fully saturated rings. The lowest BCUT2D eigenvalue weighted by Crippen LogP contribution is -2.41. The number of hydrogen-bond donors (Lipinski definition) is 0. The normalized spacial score (nSPS) is 10.9. The summed E-state index contributed by atoms with van der Waals surface area (Å²) in [6, 6.07) is 8.90. The summed E-state index contributed by atoms with van der Waals surface area (Å²) in [6.07, 6.45) is -5.02. The summed E-state index contributed by atoms with van der Waals surface area (Å²) in [5.41, 5.74) is -5.62. The number of carbonyl (C=O) groups excluding carboxylic acids is 1. The predicted octanol–water partition coefficient (Wildman–Crippen LogP) is 3.20. The van der Waals surface area contributed by atoms with E-state index < -0.39 is 45.9 Å². The van der Waals surface area contributed by atoms with Gasteiger partial charge in [-0.05, 0) is 25.1 Å². The maximum Gasteiger partial charge on any atom is 0.431 e. The van der Waals surface area contributed by atoms with Gasteiger partial charge >= 0.3 is 11.9 Å². The molecule has 13 heteroatoms. The summed E-state index contributed by atoms with van der Waals surface area (Å²) in [4.78, 5) is 36.3. The quantitative estimate of drug-likeness (QED) is 0.474. The van der Waals surface area contributed by atoms with E-state index >= 15 is 0 Å². The fraction of sp³-hybridized carbons (Fsp3) is 0.174. The highest BCUT2D eigenvalue weighted by Gasteiger charge is 2.35. The Kier molecular flexibility index (Phi) is 6.97. The van der Waals surface area contributed by atoms with E-state index in [-0.39, 0.29) is 44.7 Å². The van der Waals surface area contributed by atoms with Gasteiger partial charge < -0.3 is 9.47 Å². The van der Waals surface area contributed by atoms with Crippen LogP contribution in [0.2, 0.25) is 0 Å². The van der Waals surface area contributed by atoms with Crippen LogP contribution in [0.15, 0.2) is 46.0 Å². The van der Waals surface area contributed by atoms with Gasteiger partial charge in [-0.3, -0.25) is 14.2 Å². The highest BCUT2D eigenvalue weighted by Crippen LogP contribution is 2.35. The van der Waals surface area contributed by atoms with Gasteiger partial charge in [-0.15, -0.1) is 0 Å². The minimum absolute atomic E-state index is 0.0263. The Morgan fingerprint density at radius 1 is 1.03 bits per heavy atom. The SMILES string of the molecule is CC(=O)COc1ccc(C#N)cc1Oc1cc(-n2c(=O)cc(C(F)(F)F)n(C)c2=O)c(F)cc1C#N. The summed E-state index contributed by atoms with van der Waals surface area (Å²) in [5.74, 6) is -2.22. The number of ketones is 1. The monoisotopic (exact) mass is 502 g/mol. The third-order valence-corrected chi connectivity index (χ3v) is 4.74. The lowest BCUT2D eigenvalue weighted by molar-refractivity contribution is -0.144. The molecule has 0 aliphatic rings. The van der Waals surface area contributed by atoms with Gasteiger partial charge in [-0.25, -0.2) is 13.8 Å². The van der Waals surface area contributed by atoms with Crippen molar-refractivity contribution in [2.75, 3.05) is 6.61 Å². The average Bonchev–Trinajstić information content (AvgIpc) is 2.81. The van der Waals surface area contributed by atoms with Crippen LogP contribution >= 0.6 is 0 Å². The Hall–Kier alpha value is -4.91. The topological polar surface area (TPSA) is 127 Å². The Morgan fingerprint density at radius 3 is 2.31 bits per heavy atom. The first-order valence-electron chi connectivity index (χ1n) is 9.86. The van der Waals surface area contributed by atoms with Gasteiger partial charge in [0.25, 0.3) is 5.56 Å². The molecule has 0 bridgehead atoms. The first kappa shape index (κ1) is 25.7. The number of carbonyl (C=O) groups is 1. The number of nitriles is 2. The van der Waals surface area contributed by atoms with Crippen molar-refractivity contribution in [3.8, 4) is 35.1 Å². The van der Waals surface area contributed by atoms with E-state index in [1.54, 1.807) is 6.07 Å². The number of benzene rings is 2. The molecule has 0 atom stereocenters. The summed E-state index contributed by atoms with van der Waals surface area (Å²) in [5, 5.41) is 18.6. The highest BCUT2D eigenvalue weighted by molar-refractivity contribution is 5.77. The number of aromatic nitrogens is 2. The summed E-state index contributed by atoms with van der Waals surface area (Å²) in [7, 11) is 0.756. The van der Waals surface area contributed by atoms with E-state index in [1.807, 2.05) is 6.07 Å². The Morgan fingerprint density at radius 2 is 1.72 bits per heavy atom. The van der Waals surface area contributed by atoms with Crippen LogP contribution in [0, 0.1) is 28.5 Å². The van der Waals surface area contributed by atoms with Gasteiger partial charge in [0.1, 0.15) is 29.9 Å². The molecule has 0 aliphatic heterocycles. The van der Waals surface area contributed by atoms with Crippen LogP contribution in [-0.2, 0) is 18.0 Å². The molecule has 1 aromatic heterocycles. The van der Waals surface area contributed by atoms with Crippen LogP contribution in [-0.4, -0.2) is 21.5 Å². The van der Waals surface area contributed by atoms with Gasteiger partial charge in [0.15, 0.2) is 17.3 Å². The molecule has 0 unspecified atom stereocenters. The molecule has 0 aliphatic carbocycles. The van der Waals surface area contributed by atoms with Crippen molar-refractivity contribution >= 4 is 5.78 Å². The number of alkyl halides is 3. The minimum Gasteiger partial charge on any atom is -0.482 e. The molecule has 2 aromatic carbocycles. The van der Waals surface area contributed by atoms with E-state index in [9.17, 15) is 42.5 Å². The molecule has 9 nitrogen and oxygen atoms in total. The number of halogens is 4. The molecule has 0 saturated heterocycles. The van der Waals surface area contributed by atoms with Crippen molar-refractivity contribution < 1.29 is 31.8 Å². The summed E-state index contributed by atoms with van der Waals surface area (Å²) < 4.78 is 65.5. The van der Waals surface area contributed by atoms with Crippen LogP contribution in [0.4, 0.5) is 17.6 Å². The molecule has 3 aromatic rings. The van der Waals surface area contributed by atoms with Crippen molar-refractivity contribution in [1.29, 1.82) is 10.5 Å². The maximum atomic E-state index is 14.8. The molecule has 0 spiro atoms. The fourth-order valence-electron chi connectivity index (χ4n) is 3.08. The Bertz CT molecular complexity index is 1580. The highest BCUT2D eigenvalue weighted by atomic mass is 19.4. The van der Waals surface area contributed by atoms with Gasteiger partial charge in [-0.2, -0.15) is 23.7 Å². The van der Waals surface area contributed by atoms with E-state index in [0.717, 1.165) is 13.1 Å². The Labute approximate surface area is 199 Å². The average molecular weight is 502 g/mol. The van der Waals surface area contributed by atoms with Gasteiger partial charge in [0.2, 0.25) is 0 Å². The van der Waals surface area contributed by atoms with E-state index in [4.69, 9.17) is 9.47 Å². The van der Waals surface area contributed by atoms with Crippen LogP contribution in [0.5, 0.6) is 17.2 Å². The number of hydrogen-bond acceptors (Lipinski definition) is 7. The van der Waals surface area contributed by atoms with Crippen molar-refractivity contribution in [3.63, 3.8) is 0 Å². The zero-order chi connectivity index (χ0) is 26.8. The van der Waals surface area contributed by atoms with E-state index in [2.05, 4.69) is 0 Å². The second-order valence-electron chi connectivity index (χ2n) is 7.32. The lowest BCUT2D eigenvalue weighted by atomic mass is 10.1. The molecule has 36 heavy (non-hydrogen) atoms. The molecule has 0 saturated carbocycles. The Balaban J connectivity index is 2.21. The third kappa shape index (κ3) is 5.10. The lowest BCUT2D eigenvalue weighted by Gasteiger charge is -2.16. The largest absolute Gasteiger partial charge is 0.482 e. The van der Waals surface area contributed by atoms with E-state index in [1.165, 1.54) is 25.1 Å². The van der Waals surface area contributed by atoms with Gasteiger partial charge in [0, 0.05) is 25.2 Å². The molecule has 184 valence electrons. The van der Waals surface area contributed by atoms with Crippen molar-refractivity contribution in [3.05, 3.63) is 79.9 Å². The first-order valence-corrected chi connectivity index (χ1v) is 9.86. The fourth-order valence-corrected chi connectivity index (χ4v) is 3.08. The molecule has 0 N–H and O–H groups in total. The number of nitrogens with zero attached hydrogens (tertiary/aromatic N) is 4. The predicted molar refractivity (Wildman–Crippen MR) is 114 cm³/mol. The molecule has 1 heterocycles. The van der Waals surface area contributed by atoms with Crippen LogP contribution in [0.1, 0.15) is 23.7 Å². The van der Waals surface area contributed by atoms with Crippen molar-refractivity contribution in [2.24, 2.45) is 7.05 Å². The minimum atomic E-state index is -5.02. The number of ether oxygens (including phenoxy) is 2. The summed E-state index contributed by atoms with van der Waals surface area (Å²) in [6.45, 7) is 0.894. The van der Waals surface area contributed by atoms with Crippen LogP contribution in [0.25, 0.3) is 5.69 Å². The van der Waals surface area contributed by atoms with Gasteiger partial charge in [-0.1, -0.05) is 0 Å². The maximum absolute atomic E-state index is 14.8. The first-order chi connectivity index (χ1) is 16.9. The van der Waals surface area contributed by atoms with Gasteiger partial charge in [0.05, 0.1) is 22.9 Å². The van der Waals surface area contributed by atoms with E-state index in [0.29, 0.717) is 6.07 Å². The number of Topliss-reactive ketones (excluding diaryl/α,β-unsaturated/α-hetero) is 1. The molecular weight excluding hydrogens is 488 g/mol. The van der Waals surface area contributed by atoms with Crippen molar-refractivity contribution in [1.82, 2.24) is 9.13 Å². The summed E-state index contributed by atoms with van der Waals surface area (Å²) >= 11 is 0. The molecule has 0 radical (unpaired) electrons. The third-order valence-electron chi connectivity index (χ3n) is 4.74. The zero-order valence-corrected chi connectivity index (χ0v) is 18.5. The standard InChI is InChI=1S/C23H14F4N4O5/c1-12(32)11-35-17-4-3-13(9-28)5-19(17)36-18-7-16(15(24)6-14(18)10-29)31-21(33)8-20(23(25,26)27)30(2)22(31)34/h3-8H,11H2,1-2H3. The molecule has 3 rings (SSSR count). The van der Waals surface area contributed by atoms with Crippen molar-refractivity contribution in [2.45, 2.75) is 13.1 Å². The number of rotatable bonds is 6. The smallest absolute Gasteiger partial charge is 0.431 e. The second-order valence-corrected chi connectivity index (χ2v) is 7.32.